The second kappa shape index (κ2) is 18.6. The van der Waals surface area contributed by atoms with Gasteiger partial charge in [-0.1, -0.05) is 199 Å². The Morgan fingerprint density at radius 3 is 1.05 bits per heavy atom. The van der Waals surface area contributed by atoms with E-state index in [9.17, 15) is 0 Å². The van der Waals surface area contributed by atoms with Gasteiger partial charge >= 0.3 is 0 Å². The number of hydrogen-bond donors (Lipinski definition) is 0. The zero-order valence-corrected chi connectivity index (χ0v) is 35.8. The smallest absolute Gasteiger partial charge is 0.0491 e. The van der Waals surface area contributed by atoms with Gasteiger partial charge in [-0.15, -0.1) is 0 Å². The normalized spacial score (nSPS) is 12.3. The van der Waals surface area contributed by atoms with Crippen LogP contribution in [0.15, 0.2) is 133 Å². The van der Waals surface area contributed by atoms with Crippen molar-refractivity contribution in [3.8, 4) is 0 Å². The van der Waals surface area contributed by atoms with Gasteiger partial charge in [-0.3, -0.25) is 0 Å². The zero-order chi connectivity index (χ0) is 40.7. The van der Waals surface area contributed by atoms with Gasteiger partial charge < -0.3 is 9.13 Å². The van der Waals surface area contributed by atoms with Gasteiger partial charge in [0.1, 0.15) is 0 Å². The zero-order valence-electron chi connectivity index (χ0n) is 35.8. The van der Waals surface area contributed by atoms with E-state index >= 15 is 0 Å². The molecule has 0 aliphatic rings. The second-order valence-corrected chi connectivity index (χ2v) is 17.0. The molecular formula is C58H60N2. The molecule has 9 rings (SSSR count). The standard InChI is InChI=1S/C58H60N2/c1-3-5-7-9-11-21-39-59-55-29-19-17-27-51(55)53-41-43(33-37-57(53)59)31-35-49-45-23-13-15-25-47(45)50(48-26-16-14-24-46(48)49)36-32-44-34-38-58-54(42-44)52-28-18-20-30-56(52)60(58)40-22-12-10-8-6-4-2/h13-20,23-38,41-42H,3-12,21-22,39-40H2,1-2H3/b35-31+,36-32+. The first-order valence-corrected chi connectivity index (χ1v) is 23.0. The lowest BCUT2D eigenvalue weighted by molar-refractivity contribution is 0.571. The highest BCUT2D eigenvalue weighted by molar-refractivity contribution is 6.15. The van der Waals surface area contributed by atoms with Gasteiger partial charge in [-0.25, -0.2) is 0 Å². The summed E-state index contributed by atoms with van der Waals surface area (Å²) in [7, 11) is 0. The van der Waals surface area contributed by atoms with Crippen molar-refractivity contribution in [2.75, 3.05) is 0 Å². The summed E-state index contributed by atoms with van der Waals surface area (Å²) < 4.78 is 5.11. The summed E-state index contributed by atoms with van der Waals surface area (Å²) in [4.78, 5) is 0. The summed E-state index contributed by atoms with van der Waals surface area (Å²) in [5, 5.41) is 10.5. The maximum absolute atomic E-state index is 2.55. The van der Waals surface area contributed by atoms with E-state index in [0.29, 0.717) is 0 Å². The van der Waals surface area contributed by atoms with E-state index in [0.717, 1.165) is 13.1 Å². The molecule has 0 bridgehead atoms. The Morgan fingerprint density at radius 2 is 0.650 bits per heavy atom. The van der Waals surface area contributed by atoms with Crippen molar-refractivity contribution < 1.29 is 0 Å². The van der Waals surface area contributed by atoms with E-state index < -0.39 is 0 Å². The Hall–Kier alpha value is -5.86. The summed E-state index contributed by atoms with van der Waals surface area (Å²) >= 11 is 0. The Balaban J connectivity index is 1.03. The predicted octanol–water partition coefficient (Wildman–Crippen LogP) is 17.3. The molecule has 7 aromatic carbocycles. The molecule has 2 nitrogen and oxygen atoms in total. The van der Waals surface area contributed by atoms with E-state index in [1.54, 1.807) is 0 Å². The number of aromatic nitrogens is 2. The van der Waals surface area contributed by atoms with Crippen LogP contribution in [0.2, 0.25) is 0 Å². The number of aryl methyl sites for hydroxylation is 2. The Labute approximate surface area is 356 Å². The van der Waals surface area contributed by atoms with Crippen LogP contribution in [0, 0.1) is 0 Å². The molecule has 0 spiro atoms. The monoisotopic (exact) mass is 784 g/mol. The molecular weight excluding hydrogens is 725 g/mol. The molecule has 0 unspecified atom stereocenters. The average Bonchev–Trinajstić information content (AvgIpc) is 3.78. The molecule has 0 saturated carbocycles. The Morgan fingerprint density at radius 1 is 0.317 bits per heavy atom. The fourth-order valence-corrected chi connectivity index (χ4v) is 9.85. The van der Waals surface area contributed by atoms with E-state index in [2.05, 4.69) is 181 Å². The molecule has 0 aliphatic heterocycles. The Kier molecular flexibility index (Phi) is 12.3. The molecule has 9 aromatic rings. The van der Waals surface area contributed by atoms with Gasteiger partial charge in [0.2, 0.25) is 0 Å². The maximum Gasteiger partial charge on any atom is 0.0491 e. The fourth-order valence-electron chi connectivity index (χ4n) is 9.85. The lowest BCUT2D eigenvalue weighted by atomic mass is 9.90. The van der Waals surface area contributed by atoms with Crippen molar-refractivity contribution in [2.24, 2.45) is 0 Å². The number of rotatable bonds is 18. The number of hydrogen-bond acceptors (Lipinski definition) is 0. The lowest BCUT2D eigenvalue weighted by Crippen LogP contribution is -1.97. The first-order valence-electron chi connectivity index (χ1n) is 23.0. The molecule has 0 atom stereocenters. The van der Waals surface area contributed by atoms with Gasteiger partial charge in [0.05, 0.1) is 0 Å². The quantitative estimate of drug-likeness (QED) is 0.0466. The molecule has 0 aliphatic carbocycles. The summed E-state index contributed by atoms with van der Waals surface area (Å²) in [6, 6.07) is 49.9. The predicted molar refractivity (Wildman–Crippen MR) is 265 cm³/mol. The first-order chi connectivity index (χ1) is 29.7. The topological polar surface area (TPSA) is 9.86 Å². The van der Waals surface area contributed by atoms with Crippen LogP contribution >= 0.6 is 0 Å². The highest BCUT2D eigenvalue weighted by Crippen LogP contribution is 2.37. The van der Waals surface area contributed by atoms with Crippen molar-refractivity contribution in [1.82, 2.24) is 9.13 Å². The van der Waals surface area contributed by atoms with Crippen molar-refractivity contribution in [3.63, 3.8) is 0 Å². The molecule has 302 valence electrons. The third-order valence-corrected chi connectivity index (χ3v) is 13.0. The maximum atomic E-state index is 2.55. The molecule has 0 saturated heterocycles. The van der Waals surface area contributed by atoms with Crippen LogP contribution in [0.3, 0.4) is 0 Å². The molecule has 0 amide bonds. The highest BCUT2D eigenvalue weighted by atomic mass is 15.0. The largest absolute Gasteiger partial charge is 0.340 e. The summed E-state index contributed by atoms with van der Waals surface area (Å²) in [6.45, 7) is 6.73. The number of unbranched alkanes of at least 4 members (excludes halogenated alkanes) is 10. The van der Waals surface area contributed by atoms with Crippen LogP contribution in [0.5, 0.6) is 0 Å². The van der Waals surface area contributed by atoms with Gasteiger partial charge in [-0.2, -0.15) is 0 Å². The van der Waals surface area contributed by atoms with Crippen LogP contribution < -0.4 is 0 Å². The third kappa shape index (κ3) is 8.05. The minimum Gasteiger partial charge on any atom is -0.340 e. The highest BCUT2D eigenvalue weighted by Gasteiger charge is 2.14. The van der Waals surface area contributed by atoms with Gasteiger partial charge in [0.25, 0.3) is 0 Å². The number of para-hydroxylation sites is 2. The molecule has 0 radical (unpaired) electrons. The molecule has 2 aromatic heterocycles. The van der Waals surface area contributed by atoms with Crippen molar-refractivity contribution in [1.29, 1.82) is 0 Å². The fraction of sp³-hybridized carbons (Fsp3) is 0.276. The summed E-state index contributed by atoms with van der Waals surface area (Å²) in [5.41, 5.74) is 10.4. The lowest BCUT2D eigenvalue weighted by Gasteiger charge is -2.13. The van der Waals surface area contributed by atoms with Gasteiger partial charge in [-0.05, 0) is 93.0 Å². The second-order valence-electron chi connectivity index (χ2n) is 17.0. The van der Waals surface area contributed by atoms with Crippen LogP contribution in [-0.2, 0) is 13.1 Å². The molecule has 2 heteroatoms. The first kappa shape index (κ1) is 39.6. The number of benzene rings is 7. The average molecular weight is 785 g/mol. The van der Waals surface area contributed by atoms with E-state index in [4.69, 9.17) is 0 Å². The van der Waals surface area contributed by atoms with E-state index in [-0.39, 0.29) is 0 Å². The van der Waals surface area contributed by atoms with Crippen LogP contribution in [0.4, 0.5) is 0 Å². The third-order valence-electron chi connectivity index (χ3n) is 13.0. The van der Waals surface area contributed by atoms with E-state index in [1.807, 2.05) is 0 Å². The summed E-state index contributed by atoms with van der Waals surface area (Å²) in [6.07, 6.45) is 25.1. The molecule has 0 fully saturated rings. The summed E-state index contributed by atoms with van der Waals surface area (Å²) in [5.74, 6) is 0. The molecule has 2 heterocycles. The van der Waals surface area contributed by atoms with Gasteiger partial charge in [0.15, 0.2) is 0 Å². The van der Waals surface area contributed by atoms with Crippen molar-refractivity contribution in [3.05, 3.63) is 156 Å². The molecule has 0 N–H and O–H groups in total. The van der Waals surface area contributed by atoms with Crippen molar-refractivity contribution in [2.45, 2.75) is 104 Å². The Bertz CT molecular complexity index is 2710. The number of nitrogens with zero attached hydrogens (tertiary/aromatic N) is 2. The minimum atomic E-state index is 1.07. The van der Waals surface area contributed by atoms with E-state index in [1.165, 1.54) is 164 Å². The molecule has 60 heavy (non-hydrogen) atoms. The SMILES string of the molecule is CCCCCCCCn1c2ccccc2c2cc(/C=C/c3c4ccccc4c(/C=C/c4ccc5c(c4)c4ccccc4n5CCCCCCCC)c4ccccc34)ccc21. The number of fused-ring (bicyclic) bond motifs is 8. The van der Waals surface area contributed by atoms with Gasteiger partial charge in [0, 0.05) is 56.7 Å². The van der Waals surface area contributed by atoms with Crippen LogP contribution in [0.25, 0.3) is 89.5 Å². The minimum absolute atomic E-state index is 1.07. The van der Waals surface area contributed by atoms with Crippen LogP contribution in [0.1, 0.15) is 113 Å². The van der Waals surface area contributed by atoms with Crippen LogP contribution in [-0.4, -0.2) is 9.13 Å². The van der Waals surface area contributed by atoms with Crippen molar-refractivity contribution >= 4 is 89.5 Å².